The number of nitrogens with zero attached hydrogens (tertiary/aromatic N) is 1. The lowest BCUT2D eigenvalue weighted by atomic mass is 10.0. The number of morpholine rings is 1. The van der Waals surface area contributed by atoms with Gasteiger partial charge in [0.15, 0.2) is 0 Å². The van der Waals surface area contributed by atoms with E-state index >= 15 is 0 Å². The highest BCUT2D eigenvalue weighted by Crippen LogP contribution is 2.39. The molecule has 1 saturated heterocycles. The Balaban J connectivity index is 1.83. The summed E-state index contributed by atoms with van der Waals surface area (Å²) in [6.07, 6.45) is 1.97. The number of hydrogen-bond donors (Lipinski definition) is 2. The lowest BCUT2D eigenvalue weighted by Crippen LogP contribution is -2.40. The molecule has 4 rings (SSSR count). The van der Waals surface area contributed by atoms with Gasteiger partial charge in [-0.15, -0.1) is 11.3 Å². The van der Waals surface area contributed by atoms with Gasteiger partial charge in [0, 0.05) is 23.7 Å². The second-order valence-electron chi connectivity index (χ2n) is 4.86. The Morgan fingerprint density at radius 1 is 1.45 bits per heavy atom. The maximum Gasteiger partial charge on any atom is 0.256 e. The van der Waals surface area contributed by atoms with Crippen LogP contribution in [0.1, 0.15) is 5.56 Å². The first-order chi connectivity index (χ1) is 9.83. The van der Waals surface area contributed by atoms with Crippen LogP contribution < -0.4 is 10.6 Å². The van der Waals surface area contributed by atoms with Gasteiger partial charge in [-0.05, 0) is 12.1 Å². The largest absolute Gasteiger partial charge is 0.378 e. The standard InChI is InChI=1S/C14H13N3O2S/c18-14-9(5-8-6-19-4-3-15-8)12-10(17-14)1-2-11-13(12)20-7-16-11/h1-2,5,7-8,15H,3-4,6H2,(H,17,18). The molecular formula is C14H13N3O2S. The molecular weight excluding hydrogens is 274 g/mol. The summed E-state index contributed by atoms with van der Waals surface area (Å²) in [7, 11) is 0. The number of amides is 1. The highest BCUT2D eigenvalue weighted by Gasteiger charge is 2.28. The van der Waals surface area contributed by atoms with Gasteiger partial charge in [-0.3, -0.25) is 4.79 Å². The van der Waals surface area contributed by atoms with Gasteiger partial charge in [0.05, 0.1) is 34.6 Å². The van der Waals surface area contributed by atoms with E-state index in [0.29, 0.717) is 6.61 Å². The Hall–Kier alpha value is -1.76. The van der Waals surface area contributed by atoms with Crippen molar-refractivity contribution >= 4 is 38.7 Å². The van der Waals surface area contributed by atoms with Crippen LogP contribution in [0.2, 0.25) is 0 Å². The average molecular weight is 287 g/mol. The number of aromatic nitrogens is 1. The van der Waals surface area contributed by atoms with Crippen molar-refractivity contribution in [2.24, 2.45) is 0 Å². The van der Waals surface area contributed by atoms with E-state index in [1.165, 1.54) is 0 Å². The monoisotopic (exact) mass is 287 g/mol. The summed E-state index contributed by atoms with van der Waals surface area (Å²) in [6, 6.07) is 3.94. The number of thiazole rings is 1. The number of carbonyl (C=O) groups is 1. The minimum Gasteiger partial charge on any atom is -0.378 e. The van der Waals surface area contributed by atoms with Gasteiger partial charge in [0.2, 0.25) is 0 Å². The Morgan fingerprint density at radius 3 is 3.25 bits per heavy atom. The van der Waals surface area contributed by atoms with E-state index in [2.05, 4.69) is 15.6 Å². The topological polar surface area (TPSA) is 63.2 Å². The first-order valence-electron chi connectivity index (χ1n) is 6.54. The minimum absolute atomic E-state index is 0.0479. The van der Waals surface area contributed by atoms with Crippen LogP contribution in [0.3, 0.4) is 0 Å². The molecule has 102 valence electrons. The molecule has 5 nitrogen and oxygen atoms in total. The van der Waals surface area contributed by atoms with Crippen LogP contribution in [0.4, 0.5) is 5.69 Å². The summed E-state index contributed by atoms with van der Waals surface area (Å²) in [6.45, 7) is 2.14. The van der Waals surface area contributed by atoms with E-state index in [0.717, 1.165) is 40.2 Å². The number of ether oxygens (including phenoxy) is 1. The third kappa shape index (κ3) is 1.84. The van der Waals surface area contributed by atoms with Crippen molar-refractivity contribution in [2.45, 2.75) is 6.04 Å². The fourth-order valence-corrected chi connectivity index (χ4v) is 3.51. The zero-order valence-corrected chi connectivity index (χ0v) is 11.5. The Bertz CT molecular complexity index is 716. The molecule has 1 amide bonds. The van der Waals surface area contributed by atoms with Gasteiger partial charge in [-0.1, -0.05) is 6.08 Å². The van der Waals surface area contributed by atoms with Gasteiger partial charge in [0.25, 0.3) is 5.91 Å². The third-order valence-electron chi connectivity index (χ3n) is 3.58. The number of hydrogen-bond acceptors (Lipinski definition) is 5. The van der Waals surface area contributed by atoms with E-state index in [1.807, 2.05) is 23.7 Å². The molecule has 20 heavy (non-hydrogen) atoms. The Labute approximate surface area is 119 Å². The summed E-state index contributed by atoms with van der Waals surface area (Å²) in [5.41, 5.74) is 5.31. The average Bonchev–Trinajstić information content (AvgIpc) is 3.05. The molecule has 6 heteroatoms. The number of carbonyl (C=O) groups excluding carboxylic acids is 1. The second kappa shape index (κ2) is 4.66. The fourth-order valence-electron chi connectivity index (χ4n) is 2.66. The van der Waals surface area contributed by atoms with Crippen molar-refractivity contribution < 1.29 is 9.53 Å². The predicted molar refractivity (Wildman–Crippen MR) is 78.8 cm³/mol. The maximum absolute atomic E-state index is 12.2. The Kier molecular flexibility index (Phi) is 2.80. The zero-order chi connectivity index (χ0) is 13.5. The van der Waals surface area contributed by atoms with Crippen molar-refractivity contribution in [3.63, 3.8) is 0 Å². The molecule has 1 fully saturated rings. The van der Waals surface area contributed by atoms with Crippen LogP contribution in [0, 0.1) is 0 Å². The van der Waals surface area contributed by atoms with Crippen LogP contribution in [0.15, 0.2) is 23.7 Å². The van der Waals surface area contributed by atoms with E-state index in [1.54, 1.807) is 11.3 Å². The number of anilines is 1. The number of benzene rings is 1. The molecule has 1 unspecified atom stereocenters. The quantitative estimate of drug-likeness (QED) is 0.782. The SMILES string of the molecule is O=C1Nc2ccc3ncsc3c2C1=CC1COCCN1. The van der Waals surface area contributed by atoms with Crippen molar-refractivity contribution in [1.29, 1.82) is 0 Å². The second-order valence-corrected chi connectivity index (χ2v) is 5.71. The first kappa shape index (κ1) is 12.0. The van der Waals surface area contributed by atoms with Crippen LogP contribution in [-0.4, -0.2) is 36.7 Å². The minimum atomic E-state index is -0.0479. The van der Waals surface area contributed by atoms with Crippen LogP contribution >= 0.6 is 11.3 Å². The molecule has 2 N–H and O–H groups in total. The summed E-state index contributed by atoms with van der Waals surface area (Å²) in [4.78, 5) is 16.5. The summed E-state index contributed by atoms with van der Waals surface area (Å²) < 4.78 is 6.50. The highest BCUT2D eigenvalue weighted by atomic mass is 32.1. The number of nitrogens with one attached hydrogen (secondary N) is 2. The zero-order valence-electron chi connectivity index (χ0n) is 10.7. The summed E-state index contributed by atoms with van der Waals surface area (Å²) in [5, 5.41) is 6.27. The van der Waals surface area contributed by atoms with Crippen LogP contribution in [0.5, 0.6) is 0 Å². The predicted octanol–water partition coefficient (Wildman–Crippen LogP) is 1.62. The van der Waals surface area contributed by atoms with Crippen molar-refractivity contribution in [1.82, 2.24) is 10.3 Å². The lowest BCUT2D eigenvalue weighted by molar-refractivity contribution is -0.110. The molecule has 1 atom stereocenters. The molecule has 0 saturated carbocycles. The third-order valence-corrected chi connectivity index (χ3v) is 4.44. The van der Waals surface area contributed by atoms with Crippen molar-refractivity contribution in [3.05, 3.63) is 29.3 Å². The highest BCUT2D eigenvalue weighted by molar-refractivity contribution is 7.17. The normalized spacial score (nSPS) is 24.1. The molecule has 0 aliphatic carbocycles. The number of fused-ring (bicyclic) bond motifs is 3. The molecule has 0 radical (unpaired) electrons. The van der Waals surface area contributed by atoms with Crippen LogP contribution in [-0.2, 0) is 9.53 Å². The van der Waals surface area contributed by atoms with Gasteiger partial charge >= 0.3 is 0 Å². The molecule has 2 aliphatic heterocycles. The molecule has 2 aromatic rings. The van der Waals surface area contributed by atoms with Crippen molar-refractivity contribution in [2.75, 3.05) is 25.1 Å². The smallest absolute Gasteiger partial charge is 0.256 e. The molecule has 1 aromatic heterocycles. The summed E-state index contributed by atoms with van der Waals surface area (Å²) in [5.74, 6) is -0.0479. The number of rotatable bonds is 1. The first-order valence-corrected chi connectivity index (χ1v) is 7.42. The van der Waals surface area contributed by atoms with E-state index in [9.17, 15) is 4.79 Å². The maximum atomic E-state index is 12.2. The fraction of sp³-hybridized carbons (Fsp3) is 0.286. The van der Waals surface area contributed by atoms with Gasteiger partial charge < -0.3 is 15.4 Å². The van der Waals surface area contributed by atoms with Crippen LogP contribution in [0.25, 0.3) is 15.8 Å². The van der Waals surface area contributed by atoms with E-state index in [4.69, 9.17) is 4.74 Å². The van der Waals surface area contributed by atoms with E-state index in [-0.39, 0.29) is 11.9 Å². The summed E-state index contributed by atoms with van der Waals surface area (Å²) >= 11 is 1.56. The van der Waals surface area contributed by atoms with Crippen molar-refractivity contribution in [3.8, 4) is 0 Å². The molecule has 2 aliphatic rings. The molecule has 1 aromatic carbocycles. The molecule has 3 heterocycles. The van der Waals surface area contributed by atoms with Gasteiger partial charge in [-0.25, -0.2) is 4.98 Å². The van der Waals surface area contributed by atoms with Gasteiger partial charge in [0.1, 0.15) is 0 Å². The van der Waals surface area contributed by atoms with E-state index < -0.39 is 0 Å². The molecule has 0 spiro atoms. The van der Waals surface area contributed by atoms with Gasteiger partial charge in [-0.2, -0.15) is 0 Å². The molecule has 0 bridgehead atoms. The lowest BCUT2D eigenvalue weighted by Gasteiger charge is -2.21. The Morgan fingerprint density at radius 2 is 2.40 bits per heavy atom.